The van der Waals surface area contributed by atoms with Gasteiger partial charge in [0, 0.05) is 25.8 Å². The number of nitrogens with two attached hydrogens (primary N) is 1. The summed E-state index contributed by atoms with van der Waals surface area (Å²) >= 11 is 0. The van der Waals surface area contributed by atoms with Gasteiger partial charge in [0.1, 0.15) is 0 Å². The largest absolute Gasteiger partial charge is 0.465 e. The van der Waals surface area contributed by atoms with Crippen molar-refractivity contribution in [2.75, 3.05) is 26.1 Å². The van der Waals surface area contributed by atoms with Crippen molar-refractivity contribution in [3.05, 3.63) is 29.8 Å². The molecule has 0 atom stereocenters. The topological polar surface area (TPSA) is 61.5 Å². The van der Waals surface area contributed by atoms with Crippen molar-refractivity contribution in [2.24, 2.45) is 0 Å². The normalized spacial score (nSPS) is 11.3. The van der Waals surface area contributed by atoms with Crippen LogP contribution in [-0.2, 0) is 19.7 Å². The maximum atomic E-state index is 12.0. The molecule has 0 aliphatic heterocycles. The third-order valence-electron chi connectivity index (χ3n) is 2.87. The minimum Gasteiger partial charge on any atom is -0.465 e. The summed E-state index contributed by atoms with van der Waals surface area (Å²) in [4.78, 5) is 12.0. The number of benzene rings is 1. The van der Waals surface area contributed by atoms with Gasteiger partial charge in [-0.1, -0.05) is 12.1 Å². The van der Waals surface area contributed by atoms with Gasteiger partial charge in [-0.25, -0.2) is 0 Å². The predicted molar refractivity (Wildman–Crippen MR) is 71.3 cm³/mol. The van der Waals surface area contributed by atoms with Crippen LogP contribution in [0.1, 0.15) is 25.8 Å². The van der Waals surface area contributed by atoms with E-state index < -0.39 is 5.41 Å². The average molecular weight is 251 g/mol. The summed E-state index contributed by atoms with van der Waals surface area (Å²) in [6.07, 6.45) is 0.708. The van der Waals surface area contributed by atoms with Crippen molar-refractivity contribution in [3.8, 4) is 0 Å². The van der Waals surface area contributed by atoms with Gasteiger partial charge < -0.3 is 15.2 Å². The molecule has 0 aliphatic carbocycles. The summed E-state index contributed by atoms with van der Waals surface area (Å²) in [5, 5.41) is 0. The van der Waals surface area contributed by atoms with Crippen LogP contribution in [0.2, 0.25) is 0 Å². The number of carbonyl (C=O) groups is 1. The van der Waals surface area contributed by atoms with Gasteiger partial charge >= 0.3 is 5.97 Å². The van der Waals surface area contributed by atoms with Crippen molar-refractivity contribution >= 4 is 11.7 Å². The van der Waals surface area contributed by atoms with E-state index in [2.05, 4.69) is 0 Å². The summed E-state index contributed by atoms with van der Waals surface area (Å²) in [5.74, 6) is -0.233. The standard InChI is InChI=1S/C14H21NO3/c1-14(2,11-5-7-12(15)8-6-11)13(16)18-10-4-9-17-3/h5-8H,4,9-10,15H2,1-3H3. The Balaban J connectivity index is 2.61. The van der Waals surface area contributed by atoms with Crippen LogP contribution in [0.5, 0.6) is 0 Å². The first kappa shape index (κ1) is 14.5. The lowest BCUT2D eigenvalue weighted by Gasteiger charge is -2.23. The van der Waals surface area contributed by atoms with E-state index in [4.69, 9.17) is 15.2 Å². The number of rotatable bonds is 6. The van der Waals surface area contributed by atoms with Gasteiger partial charge in [0.15, 0.2) is 0 Å². The molecule has 1 aromatic rings. The number of hydrogen-bond donors (Lipinski definition) is 1. The molecule has 0 aromatic heterocycles. The Bertz CT molecular complexity index is 385. The third kappa shape index (κ3) is 3.74. The number of ether oxygens (including phenoxy) is 2. The summed E-state index contributed by atoms with van der Waals surface area (Å²) in [5.41, 5.74) is 6.54. The van der Waals surface area contributed by atoms with E-state index in [1.165, 1.54) is 0 Å². The summed E-state index contributed by atoms with van der Waals surface area (Å²) in [7, 11) is 1.63. The lowest BCUT2D eigenvalue weighted by atomic mass is 9.85. The van der Waals surface area contributed by atoms with Gasteiger partial charge in [-0.2, -0.15) is 0 Å². The van der Waals surface area contributed by atoms with Gasteiger partial charge in [0.05, 0.1) is 12.0 Å². The smallest absolute Gasteiger partial charge is 0.315 e. The molecule has 0 aliphatic rings. The van der Waals surface area contributed by atoms with Crippen molar-refractivity contribution in [1.82, 2.24) is 0 Å². The molecule has 0 spiro atoms. The number of carbonyl (C=O) groups excluding carboxylic acids is 1. The number of methoxy groups -OCH3 is 1. The van der Waals surface area contributed by atoms with E-state index in [0.29, 0.717) is 25.3 Å². The Morgan fingerprint density at radius 2 is 1.83 bits per heavy atom. The van der Waals surface area contributed by atoms with Gasteiger partial charge in [-0.15, -0.1) is 0 Å². The fourth-order valence-corrected chi connectivity index (χ4v) is 1.57. The third-order valence-corrected chi connectivity index (χ3v) is 2.87. The lowest BCUT2D eigenvalue weighted by molar-refractivity contribution is -0.149. The van der Waals surface area contributed by atoms with Gasteiger partial charge in [0.2, 0.25) is 0 Å². The quantitative estimate of drug-likeness (QED) is 0.478. The Hall–Kier alpha value is -1.55. The number of esters is 1. The van der Waals surface area contributed by atoms with Crippen LogP contribution < -0.4 is 5.73 Å². The molecular weight excluding hydrogens is 230 g/mol. The second-order valence-electron chi connectivity index (χ2n) is 4.73. The van der Waals surface area contributed by atoms with Crippen LogP contribution in [0.25, 0.3) is 0 Å². The average Bonchev–Trinajstić information content (AvgIpc) is 2.35. The van der Waals surface area contributed by atoms with Crippen LogP contribution >= 0.6 is 0 Å². The molecule has 0 saturated carbocycles. The summed E-state index contributed by atoms with van der Waals surface area (Å²) in [6.45, 7) is 4.66. The fraction of sp³-hybridized carbons (Fsp3) is 0.500. The zero-order chi connectivity index (χ0) is 13.6. The Kier molecular flexibility index (Phi) is 5.16. The molecule has 0 bridgehead atoms. The monoisotopic (exact) mass is 251 g/mol. The molecule has 1 rings (SSSR count). The summed E-state index contributed by atoms with van der Waals surface area (Å²) < 4.78 is 10.1. The Labute approximate surface area is 108 Å². The van der Waals surface area contributed by atoms with E-state index in [-0.39, 0.29) is 5.97 Å². The molecule has 0 fully saturated rings. The van der Waals surface area contributed by atoms with E-state index in [1.54, 1.807) is 19.2 Å². The van der Waals surface area contributed by atoms with Crippen LogP contribution in [0, 0.1) is 0 Å². The number of anilines is 1. The second-order valence-corrected chi connectivity index (χ2v) is 4.73. The number of nitrogen functional groups attached to an aromatic ring is 1. The van der Waals surface area contributed by atoms with Crippen LogP contribution in [0.4, 0.5) is 5.69 Å². The van der Waals surface area contributed by atoms with E-state index in [9.17, 15) is 4.79 Å². The molecule has 0 saturated heterocycles. The molecule has 100 valence electrons. The zero-order valence-electron chi connectivity index (χ0n) is 11.2. The zero-order valence-corrected chi connectivity index (χ0v) is 11.2. The highest BCUT2D eigenvalue weighted by Gasteiger charge is 2.31. The highest BCUT2D eigenvalue weighted by atomic mass is 16.5. The van der Waals surface area contributed by atoms with Crippen molar-refractivity contribution in [1.29, 1.82) is 0 Å². The molecule has 2 N–H and O–H groups in total. The highest BCUT2D eigenvalue weighted by Crippen LogP contribution is 2.25. The second kappa shape index (κ2) is 6.40. The summed E-state index contributed by atoms with van der Waals surface area (Å²) in [6, 6.07) is 7.28. The van der Waals surface area contributed by atoms with E-state index in [1.807, 2.05) is 26.0 Å². The maximum absolute atomic E-state index is 12.0. The Morgan fingerprint density at radius 1 is 1.22 bits per heavy atom. The molecule has 0 radical (unpaired) electrons. The Morgan fingerprint density at radius 3 is 2.39 bits per heavy atom. The molecule has 1 aromatic carbocycles. The van der Waals surface area contributed by atoms with Crippen LogP contribution in [-0.4, -0.2) is 26.3 Å². The first-order valence-electron chi connectivity index (χ1n) is 6.00. The molecule has 18 heavy (non-hydrogen) atoms. The molecule has 0 amide bonds. The number of hydrogen-bond acceptors (Lipinski definition) is 4. The molecule has 0 heterocycles. The first-order valence-corrected chi connectivity index (χ1v) is 6.00. The van der Waals surface area contributed by atoms with Crippen molar-refractivity contribution in [3.63, 3.8) is 0 Å². The lowest BCUT2D eigenvalue weighted by Crippen LogP contribution is -2.31. The highest BCUT2D eigenvalue weighted by molar-refractivity contribution is 5.82. The van der Waals surface area contributed by atoms with E-state index >= 15 is 0 Å². The van der Waals surface area contributed by atoms with Crippen LogP contribution in [0.3, 0.4) is 0 Å². The fourth-order valence-electron chi connectivity index (χ4n) is 1.57. The minimum absolute atomic E-state index is 0.233. The van der Waals surface area contributed by atoms with Gasteiger partial charge in [0.25, 0.3) is 0 Å². The molecular formula is C14H21NO3. The maximum Gasteiger partial charge on any atom is 0.315 e. The molecule has 4 nitrogen and oxygen atoms in total. The van der Waals surface area contributed by atoms with E-state index in [0.717, 1.165) is 5.56 Å². The van der Waals surface area contributed by atoms with Gasteiger partial charge in [-0.05, 0) is 31.5 Å². The minimum atomic E-state index is -0.666. The SMILES string of the molecule is COCCCOC(=O)C(C)(C)c1ccc(N)cc1. The van der Waals surface area contributed by atoms with Crippen LogP contribution in [0.15, 0.2) is 24.3 Å². The van der Waals surface area contributed by atoms with Crippen molar-refractivity contribution < 1.29 is 14.3 Å². The molecule has 0 unspecified atom stereocenters. The molecule has 4 heteroatoms. The predicted octanol–water partition coefficient (Wildman–Crippen LogP) is 2.13. The first-order chi connectivity index (χ1) is 8.48. The van der Waals surface area contributed by atoms with Crippen molar-refractivity contribution in [2.45, 2.75) is 25.7 Å². The van der Waals surface area contributed by atoms with Gasteiger partial charge in [-0.3, -0.25) is 4.79 Å².